The largest absolute Gasteiger partial charge is 0.435 e. The van der Waals surface area contributed by atoms with Gasteiger partial charge in [0.25, 0.3) is 0 Å². The van der Waals surface area contributed by atoms with Crippen molar-refractivity contribution in [2.75, 3.05) is 36.4 Å². The van der Waals surface area contributed by atoms with Crippen LogP contribution in [0.5, 0.6) is 0 Å². The maximum atomic E-state index is 14.1. The molecule has 35 heavy (non-hydrogen) atoms. The molecule has 1 aliphatic rings. The predicted octanol–water partition coefficient (Wildman–Crippen LogP) is 5.74. The molecule has 192 valence electrons. The summed E-state index contributed by atoms with van der Waals surface area (Å²) in [4.78, 5) is 18.7. The Morgan fingerprint density at radius 3 is 1.83 bits per heavy atom. The molecule has 0 atom stereocenters. The highest BCUT2D eigenvalue weighted by atomic mass is 19.4. The number of alkyl halides is 10. The van der Waals surface area contributed by atoms with E-state index in [0.29, 0.717) is 12.1 Å². The number of amides is 2. The number of nitrogens with zero attached hydrogens (tertiary/aromatic N) is 3. The quantitative estimate of drug-likeness (QED) is 0.527. The second kappa shape index (κ2) is 9.07. The summed E-state index contributed by atoms with van der Waals surface area (Å²) in [7, 11) is 0. The molecule has 1 aromatic heterocycles. The van der Waals surface area contributed by atoms with Crippen LogP contribution in [0.15, 0.2) is 42.6 Å². The summed E-state index contributed by atoms with van der Waals surface area (Å²) >= 11 is 0. The average Bonchev–Trinajstić information content (AvgIpc) is 2.77. The SMILES string of the molecule is O=C(Nc1ccc(C(F)(C(F)(F)F)C(F)(F)F)cc1)N1CCN(c2ncccc2C(F)(F)F)CC1. The third kappa shape index (κ3) is 5.22. The van der Waals surface area contributed by atoms with Crippen LogP contribution in [0.1, 0.15) is 11.1 Å². The van der Waals surface area contributed by atoms with Gasteiger partial charge in [-0.25, -0.2) is 14.2 Å². The van der Waals surface area contributed by atoms with Gasteiger partial charge in [-0.2, -0.15) is 39.5 Å². The Labute approximate surface area is 191 Å². The van der Waals surface area contributed by atoms with E-state index in [1.54, 1.807) is 0 Å². The number of piperazine rings is 1. The van der Waals surface area contributed by atoms with Crippen molar-refractivity contribution in [3.05, 3.63) is 53.7 Å². The zero-order valence-electron chi connectivity index (χ0n) is 17.4. The van der Waals surface area contributed by atoms with E-state index in [1.807, 2.05) is 0 Å². The van der Waals surface area contributed by atoms with Gasteiger partial charge in [0, 0.05) is 43.6 Å². The van der Waals surface area contributed by atoms with Crippen molar-refractivity contribution in [2.45, 2.75) is 24.2 Å². The van der Waals surface area contributed by atoms with Gasteiger partial charge in [-0.3, -0.25) is 0 Å². The lowest BCUT2D eigenvalue weighted by atomic mass is 9.94. The van der Waals surface area contributed by atoms with Gasteiger partial charge in [0.2, 0.25) is 0 Å². The minimum Gasteiger partial charge on any atom is -0.353 e. The molecule has 2 aromatic rings. The standard InChI is InChI=1S/C20H16F10N4O/c21-17(19(25,26)27,20(28,29)30)12-3-5-13(6-4-12)32-16(35)34-10-8-33(9-11-34)15-14(18(22,23)24)2-1-7-31-15/h1-7H,8-11H2,(H,32,35). The first kappa shape index (κ1) is 26.3. The summed E-state index contributed by atoms with van der Waals surface area (Å²) in [5.41, 5.74) is -8.46. The fourth-order valence-electron chi connectivity index (χ4n) is 3.47. The minimum atomic E-state index is -6.27. The van der Waals surface area contributed by atoms with Crippen molar-refractivity contribution in [2.24, 2.45) is 0 Å². The van der Waals surface area contributed by atoms with Crippen LogP contribution in [0.2, 0.25) is 0 Å². The molecule has 0 saturated carbocycles. The van der Waals surface area contributed by atoms with Crippen LogP contribution in [-0.4, -0.2) is 54.4 Å². The van der Waals surface area contributed by atoms with E-state index in [4.69, 9.17) is 0 Å². The lowest BCUT2D eigenvalue weighted by Gasteiger charge is -2.36. The van der Waals surface area contributed by atoms with Gasteiger partial charge in [0.05, 0.1) is 5.56 Å². The van der Waals surface area contributed by atoms with E-state index < -0.39 is 41.4 Å². The van der Waals surface area contributed by atoms with E-state index in [0.717, 1.165) is 12.1 Å². The first-order valence-electron chi connectivity index (χ1n) is 9.81. The molecule has 0 radical (unpaired) electrons. The number of rotatable bonds is 3. The number of hydrogen-bond donors (Lipinski definition) is 1. The monoisotopic (exact) mass is 518 g/mol. The Balaban J connectivity index is 1.66. The number of nitrogens with one attached hydrogen (secondary N) is 1. The molecule has 1 N–H and O–H groups in total. The molecule has 0 unspecified atom stereocenters. The molecular weight excluding hydrogens is 502 g/mol. The van der Waals surface area contributed by atoms with Crippen molar-refractivity contribution in [3.8, 4) is 0 Å². The van der Waals surface area contributed by atoms with Crippen LogP contribution in [0.25, 0.3) is 0 Å². The number of urea groups is 1. The van der Waals surface area contributed by atoms with Crippen LogP contribution < -0.4 is 10.2 Å². The van der Waals surface area contributed by atoms with Gasteiger partial charge in [-0.05, 0) is 24.3 Å². The Bertz CT molecular complexity index is 1030. The third-order valence-electron chi connectivity index (χ3n) is 5.27. The van der Waals surface area contributed by atoms with Gasteiger partial charge in [-0.1, -0.05) is 12.1 Å². The minimum absolute atomic E-state index is 0.0199. The highest BCUT2D eigenvalue weighted by Gasteiger charge is 2.73. The summed E-state index contributed by atoms with van der Waals surface area (Å²) < 4.78 is 131. The number of hydrogen-bond acceptors (Lipinski definition) is 3. The molecule has 0 spiro atoms. The number of aromatic nitrogens is 1. The molecule has 5 nitrogen and oxygen atoms in total. The van der Waals surface area contributed by atoms with Gasteiger partial charge in [0.1, 0.15) is 5.82 Å². The van der Waals surface area contributed by atoms with Crippen LogP contribution in [-0.2, 0) is 11.8 Å². The summed E-state index contributed by atoms with van der Waals surface area (Å²) in [6.07, 6.45) is -16.0. The third-order valence-corrected chi connectivity index (χ3v) is 5.27. The van der Waals surface area contributed by atoms with Gasteiger partial charge in [-0.15, -0.1) is 0 Å². The predicted molar refractivity (Wildman–Crippen MR) is 103 cm³/mol. The summed E-state index contributed by atoms with van der Waals surface area (Å²) in [5, 5.41) is 2.25. The fraction of sp³-hybridized carbons (Fsp3) is 0.400. The van der Waals surface area contributed by atoms with Crippen molar-refractivity contribution < 1.29 is 48.7 Å². The maximum Gasteiger partial charge on any atom is 0.435 e. The smallest absolute Gasteiger partial charge is 0.353 e. The molecule has 0 aliphatic carbocycles. The van der Waals surface area contributed by atoms with Crippen molar-refractivity contribution >= 4 is 17.5 Å². The molecule has 1 fully saturated rings. The number of carbonyl (C=O) groups excluding carboxylic acids is 1. The number of halogens is 10. The van der Waals surface area contributed by atoms with Crippen LogP contribution in [0.3, 0.4) is 0 Å². The molecule has 3 rings (SSSR count). The highest BCUT2D eigenvalue weighted by Crippen LogP contribution is 2.53. The highest BCUT2D eigenvalue weighted by molar-refractivity contribution is 5.89. The lowest BCUT2D eigenvalue weighted by molar-refractivity contribution is -0.348. The molecule has 15 heteroatoms. The van der Waals surface area contributed by atoms with E-state index in [-0.39, 0.29) is 49.8 Å². The number of benzene rings is 1. The van der Waals surface area contributed by atoms with Crippen LogP contribution >= 0.6 is 0 Å². The fourth-order valence-corrected chi connectivity index (χ4v) is 3.47. The summed E-state index contributed by atoms with van der Waals surface area (Å²) in [6, 6.07) is 3.08. The molecule has 1 aliphatic heterocycles. The van der Waals surface area contributed by atoms with Gasteiger partial charge in [0.15, 0.2) is 0 Å². The topological polar surface area (TPSA) is 48.5 Å². The Morgan fingerprint density at radius 2 is 1.34 bits per heavy atom. The number of carbonyl (C=O) groups is 1. The average molecular weight is 518 g/mol. The van der Waals surface area contributed by atoms with Crippen molar-refractivity contribution in [1.29, 1.82) is 0 Å². The van der Waals surface area contributed by atoms with E-state index in [2.05, 4.69) is 10.3 Å². The summed E-state index contributed by atoms with van der Waals surface area (Å²) in [6.45, 7) is -0.136. The molecular formula is C20H16F10N4O. The Kier molecular flexibility index (Phi) is 6.83. The Hall–Kier alpha value is -3.26. The van der Waals surface area contributed by atoms with Crippen molar-refractivity contribution in [3.63, 3.8) is 0 Å². The zero-order chi connectivity index (χ0) is 26.2. The molecule has 2 amide bonds. The van der Waals surface area contributed by atoms with E-state index in [9.17, 15) is 48.7 Å². The maximum absolute atomic E-state index is 14.1. The van der Waals surface area contributed by atoms with Crippen LogP contribution in [0, 0.1) is 0 Å². The van der Waals surface area contributed by atoms with E-state index in [1.165, 1.54) is 16.0 Å². The van der Waals surface area contributed by atoms with Gasteiger partial charge < -0.3 is 15.1 Å². The number of anilines is 2. The molecule has 1 saturated heterocycles. The molecule has 1 aromatic carbocycles. The first-order chi connectivity index (χ1) is 16.1. The normalized spacial score (nSPS) is 15.8. The molecule has 0 bridgehead atoms. The second-order valence-corrected chi connectivity index (χ2v) is 7.51. The van der Waals surface area contributed by atoms with Gasteiger partial charge >= 0.3 is 30.2 Å². The summed E-state index contributed by atoms with van der Waals surface area (Å²) in [5.74, 6) is -0.306. The Morgan fingerprint density at radius 1 is 0.800 bits per heavy atom. The van der Waals surface area contributed by atoms with Crippen molar-refractivity contribution in [1.82, 2.24) is 9.88 Å². The zero-order valence-corrected chi connectivity index (χ0v) is 17.4. The second-order valence-electron chi connectivity index (χ2n) is 7.51. The molecule has 2 heterocycles. The number of pyridine rings is 1. The first-order valence-corrected chi connectivity index (χ1v) is 9.81. The van der Waals surface area contributed by atoms with E-state index >= 15 is 0 Å². The van der Waals surface area contributed by atoms with Crippen LogP contribution in [0.4, 0.5) is 60.2 Å². The lowest BCUT2D eigenvalue weighted by Crippen LogP contribution is -2.51.